The highest BCUT2D eigenvalue weighted by Gasteiger charge is 2.09. The molecule has 0 saturated carbocycles. The Hall–Kier alpha value is -1.56. The fraction of sp³-hybridized carbons (Fsp3) is 0.167. The lowest BCUT2D eigenvalue weighted by atomic mass is 10.2. The molecular weight excluding hydrogens is 306 g/mol. The number of benzene rings is 1. The van der Waals surface area contributed by atoms with Crippen molar-refractivity contribution >= 4 is 15.9 Å². The second-order valence-electron chi connectivity index (χ2n) is 3.78. The summed E-state index contributed by atoms with van der Waals surface area (Å²) in [5, 5.41) is 0. The molecule has 0 aliphatic rings. The first-order chi connectivity index (χ1) is 8.49. The third-order valence-electron chi connectivity index (χ3n) is 2.55. The zero-order chi connectivity index (χ0) is 13.3. The topological polar surface area (TPSA) is 34.9 Å². The summed E-state index contributed by atoms with van der Waals surface area (Å²) >= 11 is 3.07. The first kappa shape index (κ1) is 12.9. The van der Waals surface area contributed by atoms with Crippen molar-refractivity contribution in [2.24, 2.45) is 0 Å². The average molecular weight is 315 g/mol. The molecule has 0 radical (unpaired) electrons. The van der Waals surface area contributed by atoms with E-state index in [4.69, 9.17) is 0 Å². The number of halogens is 3. The van der Waals surface area contributed by atoms with Crippen LogP contribution < -0.4 is 5.56 Å². The van der Waals surface area contributed by atoms with Crippen LogP contribution in [0.1, 0.15) is 11.4 Å². The highest BCUT2D eigenvalue weighted by molar-refractivity contribution is 9.10. The lowest BCUT2D eigenvalue weighted by molar-refractivity contribution is 0.560. The SMILES string of the molecule is Cc1ncc(Br)c(=O)n1Cc1ccc(F)cc1F. The molecule has 3 nitrogen and oxygen atoms in total. The van der Waals surface area contributed by atoms with Crippen LogP contribution >= 0.6 is 15.9 Å². The van der Waals surface area contributed by atoms with E-state index in [-0.39, 0.29) is 17.7 Å². The maximum Gasteiger partial charge on any atom is 0.268 e. The minimum atomic E-state index is -0.679. The van der Waals surface area contributed by atoms with Gasteiger partial charge in [0, 0.05) is 17.8 Å². The van der Waals surface area contributed by atoms with Gasteiger partial charge < -0.3 is 0 Å². The zero-order valence-corrected chi connectivity index (χ0v) is 11.0. The van der Waals surface area contributed by atoms with Crippen LogP contribution in [-0.2, 0) is 6.54 Å². The van der Waals surface area contributed by atoms with Crippen molar-refractivity contribution in [3.63, 3.8) is 0 Å². The third-order valence-corrected chi connectivity index (χ3v) is 3.09. The number of aromatic nitrogens is 2. The molecule has 2 aromatic rings. The van der Waals surface area contributed by atoms with Crippen LogP contribution in [-0.4, -0.2) is 9.55 Å². The molecule has 0 bridgehead atoms. The number of aryl methyl sites for hydroxylation is 1. The summed E-state index contributed by atoms with van der Waals surface area (Å²) < 4.78 is 27.9. The largest absolute Gasteiger partial charge is 0.291 e. The molecule has 2 rings (SSSR count). The predicted molar refractivity (Wildman–Crippen MR) is 66.4 cm³/mol. The molecule has 0 aliphatic carbocycles. The number of hydrogen-bond acceptors (Lipinski definition) is 2. The Morgan fingerprint density at radius 3 is 2.78 bits per heavy atom. The Kier molecular flexibility index (Phi) is 3.56. The first-order valence-electron chi connectivity index (χ1n) is 5.15. The fourth-order valence-corrected chi connectivity index (χ4v) is 1.87. The Morgan fingerprint density at radius 1 is 1.39 bits per heavy atom. The minimum Gasteiger partial charge on any atom is -0.291 e. The number of rotatable bonds is 2. The molecule has 1 aromatic heterocycles. The van der Waals surface area contributed by atoms with Crippen molar-refractivity contribution < 1.29 is 8.78 Å². The van der Waals surface area contributed by atoms with Crippen molar-refractivity contribution in [1.82, 2.24) is 9.55 Å². The molecule has 0 spiro atoms. The first-order valence-corrected chi connectivity index (χ1v) is 5.94. The van der Waals surface area contributed by atoms with Gasteiger partial charge in [-0.15, -0.1) is 0 Å². The van der Waals surface area contributed by atoms with Crippen LogP contribution in [0.3, 0.4) is 0 Å². The highest BCUT2D eigenvalue weighted by atomic mass is 79.9. The van der Waals surface area contributed by atoms with Crippen molar-refractivity contribution in [1.29, 1.82) is 0 Å². The molecule has 18 heavy (non-hydrogen) atoms. The number of nitrogens with zero attached hydrogens (tertiary/aromatic N) is 2. The van der Waals surface area contributed by atoms with Crippen LogP contribution in [0.25, 0.3) is 0 Å². The number of hydrogen-bond donors (Lipinski definition) is 0. The van der Waals surface area contributed by atoms with Crippen LogP contribution in [0.4, 0.5) is 8.78 Å². The molecule has 94 valence electrons. The molecule has 1 aromatic carbocycles. The van der Waals surface area contributed by atoms with Gasteiger partial charge in [0.1, 0.15) is 21.9 Å². The summed E-state index contributed by atoms with van der Waals surface area (Å²) in [6.07, 6.45) is 1.40. The molecule has 0 amide bonds. The van der Waals surface area contributed by atoms with E-state index in [2.05, 4.69) is 20.9 Å². The van der Waals surface area contributed by atoms with E-state index in [1.165, 1.54) is 16.8 Å². The standard InChI is InChI=1S/C12H9BrF2N2O/c1-7-16-5-10(13)12(18)17(7)6-8-2-3-9(14)4-11(8)15/h2-5H,6H2,1H3. The van der Waals surface area contributed by atoms with E-state index in [0.717, 1.165) is 12.1 Å². The Labute approximate surface area is 110 Å². The van der Waals surface area contributed by atoms with Gasteiger partial charge in [0.2, 0.25) is 0 Å². The summed E-state index contributed by atoms with van der Waals surface area (Å²) in [4.78, 5) is 15.9. The van der Waals surface area contributed by atoms with Crippen molar-refractivity contribution in [3.05, 3.63) is 62.2 Å². The fourth-order valence-electron chi connectivity index (χ4n) is 1.56. The summed E-state index contributed by atoms with van der Waals surface area (Å²) in [7, 11) is 0. The van der Waals surface area contributed by atoms with Gasteiger partial charge in [0.05, 0.1) is 6.54 Å². The molecular formula is C12H9BrF2N2O. The molecule has 0 aliphatic heterocycles. The highest BCUT2D eigenvalue weighted by Crippen LogP contribution is 2.11. The van der Waals surface area contributed by atoms with Gasteiger partial charge in [-0.3, -0.25) is 9.36 Å². The molecule has 6 heteroatoms. The summed E-state index contributed by atoms with van der Waals surface area (Å²) in [5.41, 5.74) is -0.0623. The van der Waals surface area contributed by atoms with E-state index in [1.807, 2.05) is 0 Å². The summed E-state index contributed by atoms with van der Waals surface area (Å²) in [6.45, 7) is 1.67. The van der Waals surface area contributed by atoms with Crippen LogP contribution in [0.5, 0.6) is 0 Å². The van der Waals surface area contributed by atoms with E-state index in [1.54, 1.807) is 6.92 Å². The van der Waals surface area contributed by atoms with Crippen molar-refractivity contribution in [2.45, 2.75) is 13.5 Å². The van der Waals surface area contributed by atoms with Gasteiger partial charge in [-0.1, -0.05) is 6.07 Å². The smallest absolute Gasteiger partial charge is 0.268 e. The van der Waals surface area contributed by atoms with Gasteiger partial charge in [-0.05, 0) is 28.9 Å². The van der Waals surface area contributed by atoms with Gasteiger partial charge in [0.25, 0.3) is 5.56 Å². The van der Waals surface area contributed by atoms with E-state index in [0.29, 0.717) is 10.3 Å². The van der Waals surface area contributed by atoms with Crippen LogP contribution in [0.2, 0.25) is 0 Å². The monoisotopic (exact) mass is 314 g/mol. The van der Waals surface area contributed by atoms with Crippen molar-refractivity contribution in [3.8, 4) is 0 Å². The van der Waals surface area contributed by atoms with Crippen LogP contribution in [0, 0.1) is 18.6 Å². The second-order valence-corrected chi connectivity index (χ2v) is 4.63. The quantitative estimate of drug-likeness (QED) is 0.854. The van der Waals surface area contributed by atoms with E-state index in [9.17, 15) is 13.6 Å². The van der Waals surface area contributed by atoms with Gasteiger partial charge >= 0.3 is 0 Å². The molecule has 0 fully saturated rings. The van der Waals surface area contributed by atoms with E-state index >= 15 is 0 Å². The normalized spacial score (nSPS) is 10.7. The molecule has 0 N–H and O–H groups in total. The van der Waals surface area contributed by atoms with E-state index < -0.39 is 11.6 Å². The second kappa shape index (κ2) is 4.97. The summed E-state index contributed by atoms with van der Waals surface area (Å²) in [6, 6.07) is 3.27. The Bertz CT molecular complexity index is 655. The Morgan fingerprint density at radius 2 is 2.11 bits per heavy atom. The molecule has 0 unspecified atom stereocenters. The molecule has 0 saturated heterocycles. The van der Waals surface area contributed by atoms with Crippen LogP contribution in [0.15, 0.2) is 33.7 Å². The summed E-state index contributed by atoms with van der Waals surface area (Å²) in [5.74, 6) is -0.860. The maximum atomic E-state index is 13.5. The lowest BCUT2D eigenvalue weighted by Gasteiger charge is -2.10. The lowest BCUT2D eigenvalue weighted by Crippen LogP contribution is -2.24. The molecule has 1 heterocycles. The van der Waals surface area contributed by atoms with Gasteiger partial charge in [-0.25, -0.2) is 13.8 Å². The van der Waals surface area contributed by atoms with Crippen molar-refractivity contribution in [2.75, 3.05) is 0 Å². The Balaban J connectivity index is 2.46. The minimum absolute atomic E-state index is 0.0171. The third kappa shape index (κ3) is 2.48. The van der Waals surface area contributed by atoms with Gasteiger partial charge in [0.15, 0.2) is 0 Å². The maximum absolute atomic E-state index is 13.5. The predicted octanol–water partition coefficient (Wildman–Crippen LogP) is 2.64. The molecule has 0 atom stereocenters. The zero-order valence-electron chi connectivity index (χ0n) is 9.45. The van der Waals surface area contributed by atoms with Gasteiger partial charge in [-0.2, -0.15) is 0 Å². The average Bonchev–Trinajstić information content (AvgIpc) is 2.32.